The van der Waals surface area contributed by atoms with Crippen molar-refractivity contribution in [1.82, 2.24) is 19.6 Å². The summed E-state index contributed by atoms with van der Waals surface area (Å²) in [7, 11) is 20.9. The third-order valence-electron chi connectivity index (χ3n) is 7.68. The van der Waals surface area contributed by atoms with Gasteiger partial charge in [0.05, 0.1) is 73.0 Å². The number of hydrogen-bond acceptors (Lipinski definition) is 9. The Morgan fingerprint density at radius 1 is 1.22 bits per heavy atom. The number of anilines is 1. The van der Waals surface area contributed by atoms with Gasteiger partial charge in [-0.05, 0) is 59.9 Å². The van der Waals surface area contributed by atoms with Gasteiger partial charge in [-0.1, -0.05) is 23.7 Å². The second kappa shape index (κ2) is 12.8. The molecule has 232 valence electrons. The van der Waals surface area contributed by atoms with E-state index in [1.54, 1.807) is 12.1 Å². The number of sulfonamides is 1. The van der Waals surface area contributed by atoms with E-state index in [2.05, 4.69) is 20.6 Å². The first-order chi connectivity index (χ1) is 21.5. The number of rotatable bonds is 9. The molecule has 1 saturated heterocycles. The van der Waals surface area contributed by atoms with Gasteiger partial charge in [0, 0.05) is 24.2 Å². The van der Waals surface area contributed by atoms with Gasteiger partial charge in [-0.2, -0.15) is 4.31 Å². The van der Waals surface area contributed by atoms with E-state index in [4.69, 9.17) is 52.5 Å². The molecule has 2 aliphatic heterocycles. The number of hydrogen-bond donors (Lipinski definition) is 3. The molecule has 3 aromatic rings. The number of aliphatic hydroxyl groups is 1. The maximum atomic E-state index is 14.1. The molecule has 2 aromatic carbocycles. The van der Waals surface area contributed by atoms with Gasteiger partial charge in [-0.25, -0.2) is 22.8 Å². The fourth-order valence-corrected chi connectivity index (χ4v) is 7.57. The molecule has 0 bridgehead atoms. The monoisotopic (exact) mass is 659 g/mol. The molecule has 0 saturated carbocycles. The van der Waals surface area contributed by atoms with Crippen LogP contribution in [0.15, 0.2) is 47.5 Å². The fourth-order valence-electron chi connectivity index (χ4n) is 5.56. The zero-order valence-electron chi connectivity index (χ0n) is 24.9. The van der Waals surface area contributed by atoms with Gasteiger partial charge in [-0.3, -0.25) is 4.79 Å². The molecular weight excluding hydrogens is 632 g/mol. The standard InChI is InChI=1S/C28H27B4ClFN5O6S/c1-14(25(41)37-22(13-40)17-5-18(34)8-20(6-17)44-2)39-12-16-4-3-15(7-23(16)46(39,42)43)24-21(33)11-35-26(38-24)36-19-9-27(29,30)45-28(31,32)10-19/h3-8,11,14,19,22,40H,9-10,12-13H2,1-2H3,(H,37,41)(H,35,36,38)/t14-,22-/m1/s1. The third kappa shape index (κ3) is 7.23. The SMILES string of the molecule is [B]C1([B])CC(Nc2ncc(Cl)c(-c3ccc4c(c3)S(=O)(=O)N([C@H](C)C(=O)N[C@H](CO)c3cc(F)cc(OC)c3)C4)n2)CC([B])([B])O1. The van der Waals surface area contributed by atoms with Gasteiger partial charge >= 0.3 is 0 Å². The van der Waals surface area contributed by atoms with Crippen LogP contribution < -0.4 is 15.4 Å². The quantitative estimate of drug-likeness (QED) is 0.290. The van der Waals surface area contributed by atoms with Crippen molar-refractivity contribution in [1.29, 1.82) is 0 Å². The molecule has 0 aliphatic carbocycles. The summed E-state index contributed by atoms with van der Waals surface area (Å²) >= 11 is 6.43. The lowest BCUT2D eigenvalue weighted by Crippen LogP contribution is -2.56. The van der Waals surface area contributed by atoms with E-state index >= 15 is 0 Å². The Morgan fingerprint density at radius 2 is 1.91 bits per heavy atom. The average molecular weight is 659 g/mol. The number of aromatic nitrogens is 2. The highest BCUT2D eigenvalue weighted by atomic mass is 35.5. The Morgan fingerprint density at radius 3 is 2.57 bits per heavy atom. The zero-order chi connectivity index (χ0) is 33.6. The van der Waals surface area contributed by atoms with Crippen molar-refractivity contribution in [2.24, 2.45) is 0 Å². The van der Waals surface area contributed by atoms with Crippen LogP contribution in [-0.2, 0) is 26.1 Å². The summed E-state index contributed by atoms with van der Waals surface area (Å²) in [6.45, 7) is 0.771. The lowest BCUT2D eigenvalue weighted by Gasteiger charge is -2.47. The molecule has 46 heavy (non-hydrogen) atoms. The smallest absolute Gasteiger partial charge is 0.244 e. The molecule has 1 amide bonds. The Hall–Kier alpha value is -3.10. The number of ether oxygens (including phenoxy) is 2. The van der Waals surface area contributed by atoms with E-state index in [9.17, 15) is 22.7 Å². The molecule has 2 aliphatic rings. The molecule has 8 radical (unpaired) electrons. The Bertz CT molecular complexity index is 1760. The number of methoxy groups -OCH3 is 1. The van der Waals surface area contributed by atoms with Crippen LogP contribution in [0.1, 0.15) is 36.9 Å². The van der Waals surface area contributed by atoms with Crippen LogP contribution in [0.25, 0.3) is 11.3 Å². The molecule has 1 fully saturated rings. The van der Waals surface area contributed by atoms with Gasteiger partial charge in [0.15, 0.2) is 0 Å². The first-order valence-electron chi connectivity index (χ1n) is 14.1. The molecule has 1 aromatic heterocycles. The van der Waals surface area contributed by atoms with Crippen molar-refractivity contribution >= 4 is 64.9 Å². The predicted molar refractivity (Wildman–Crippen MR) is 172 cm³/mol. The summed E-state index contributed by atoms with van der Waals surface area (Å²) in [4.78, 5) is 21.9. The summed E-state index contributed by atoms with van der Waals surface area (Å²) < 4.78 is 52.9. The third-order valence-corrected chi connectivity index (χ3v) is 9.96. The second-order valence-corrected chi connectivity index (χ2v) is 13.6. The first kappa shape index (κ1) is 34.2. The van der Waals surface area contributed by atoms with Crippen LogP contribution >= 0.6 is 11.6 Å². The highest BCUT2D eigenvalue weighted by Gasteiger charge is 2.41. The molecule has 0 spiro atoms. The van der Waals surface area contributed by atoms with Crippen LogP contribution in [0.4, 0.5) is 10.3 Å². The molecule has 3 N–H and O–H groups in total. The van der Waals surface area contributed by atoms with Gasteiger partial charge < -0.3 is 25.2 Å². The van der Waals surface area contributed by atoms with Crippen molar-refractivity contribution in [3.05, 3.63) is 64.6 Å². The van der Waals surface area contributed by atoms with E-state index in [1.165, 1.54) is 32.4 Å². The number of aliphatic hydroxyl groups excluding tert-OH is 1. The summed E-state index contributed by atoms with van der Waals surface area (Å²) in [5, 5.41) is 12.6. The number of carbonyl (C=O) groups is 1. The minimum atomic E-state index is -4.16. The Balaban J connectivity index is 1.35. The second-order valence-electron chi connectivity index (χ2n) is 11.4. The van der Waals surface area contributed by atoms with Crippen LogP contribution in [-0.4, -0.2) is 102 Å². The fraction of sp³-hybridized carbons (Fsp3) is 0.393. The van der Waals surface area contributed by atoms with Gasteiger partial charge in [0.1, 0.15) is 17.6 Å². The number of carbonyl (C=O) groups excluding carboxylic acids is 1. The minimum absolute atomic E-state index is 0.0288. The molecule has 3 heterocycles. The maximum Gasteiger partial charge on any atom is 0.244 e. The Labute approximate surface area is 276 Å². The Kier molecular flexibility index (Phi) is 9.55. The topological polar surface area (TPSA) is 143 Å². The van der Waals surface area contributed by atoms with Crippen molar-refractivity contribution in [2.45, 2.75) is 60.1 Å². The van der Waals surface area contributed by atoms with Crippen LogP contribution in [0.5, 0.6) is 5.75 Å². The summed E-state index contributed by atoms with van der Waals surface area (Å²) in [5.41, 5.74) is 1.32. The van der Waals surface area contributed by atoms with Crippen molar-refractivity contribution in [3.8, 4) is 17.0 Å². The summed E-state index contributed by atoms with van der Waals surface area (Å²) in [6.07, 6.45) is 1.63. The number of amides is 1. The van der Waals surface area contributed by atoms with Crippen molar-refractivity contribution in [3.63, 3.8) is 0 Å². The number of nitrogens with zero attached hydrogens (tertiary/aromatic N) is 3. The van der Waals surface area contributed by atoms with Gasteiger partial charge in [0.2, 0.25) is 21.9 Å². The van der Waals surface area contributed by atoms with E-state index < -0.39 is 57.3 Å². The van der Waals surface area contributed by atoms with E-state index in [1.807, 2.05) is 0 Å². The average Bonchev–Trinajstić information content (AvgIpc) is 3.23. The van der Waals surface area contributed by atoms with Crippen molar-refractivity contribution in [2.75, 3.05) is 19.0 Å². The molecular formula is C28H27B4ClFN5O6S. The highest BCUT2D eigenvalue weighted by Crippen LogP contribution is 2.37. The van der Waals surface area contributed by atoms with Gasteiger partial charge in [-0.15, -0.1) is 0 Å². The van der Waals surface area contributed by atoms with Crippen molar-refractivity contribution < 1.29 is 32.2 Å². The normalized spacial score (nSPS) is 19.9. The molecule has 18 heteroatoms. The number of benzene rings is 2. The number of halogens is 2. The number of fused-ring (bicyclic) bond motifs is 1. The van der Waals surface area contributed by atoms with Crippen LogP contribution in [0.3, 0.4) is 0 Å². The lowest BCUT2D eigenvalue weighted by molar-refractivity contribution is -0.125. The summed E-state index contributed by atoms with van der Waals surface area (Å²) in [6, 6.07) is 5.81. The maximum absolute atomic E-state index is 14.1. The van der Waals surface area contributed by atoms with E-state index in [-0.39, 0.29) is 52.3 Å². The molecule has 0 unspecified atom stereocenters. The van der Waals surface area contributed by atoms with Gasteiger partial charge in [0.25, 0.3) is 0 Å². The molecule has 5 rings (SSSR count). The minimum Gasteiger partial charge on any atom is -0.497 e. The first-order valence-corrected chi connectivity index (χ1v) is 15.9. The highest BCUT2D eigenvalue weighted by molar-refractivity contribution is 7.89. The largest absolute Gasteiger partial charge is 0.497 e. The van der Waals surface area contributed by atoms with E-state index in [0.29, 0.717) is 11.1 Å². The van der Waals surface area contributed by atoms with Crippen LogP contribution in [0.2, 0.25) is 5.02 Å². The molecule has 11 nitrogen and oxygen atoms in total. The lowest BCUT2D eigenvalue weighted by atomic mass is 9.53. The predicted octanol–water partition coefficient (Wildman–Crippen LogP) is 1.26. The zero-order valence-corrected chi connectivity index (χ0v) is 26.5. The van der Waals surface area contributed by atoms with E-state index in [0.717, 1.165) is 16.4 Å². The number of nitrogens with one attached hydrogen (secondary N) is 2. The molecule has 2 atom stereocenters. The summed E-state index contributed by atoms with van der Waals surface area (Å²) in [5.74, 6) is -0.984. The van der Waals surface area contributed by atoms with Crippen LogP contribution in [0, 0.1) is 5.82 Å².